The third-order valence-electron chi connectivity index (χ3n) is 4.36. The van der Waals surface area contributed by atoms with E-state index in [2.05, 4.69) is 15.3 Å². The fourth-order valence-electron chi connectivity index (χ4n) is 2.94. The lowest BCUT2D eigenvalue weighted by Crippen LogP contribution is -2.24. The van der Waals surface area contributed by atoms with Crippen LogP contribution in [0.5, 0.6) is 5.75 Å². The first kappa shape index (κ1) is 20.6. The monoisotopic (exact) mass is 408 g/mol. The normalized spacial score (nSPS) is 13.4. The molecule has 0 saturated carbocycles. The van der Waals surface area contributed by atoms with Gasteiger partial charge in [0.25, 0.3) is 5.91 Å². The van der Waals surface area contributed by atoms with Crippen molar-refractivity contribution in [3.8, 4) is 5.75 Å². The van der Waals surface area contributed by atoms with Crippen LogP contribution >= 0.6 is 0 Å². The molecule has 1 aliphatic heterocycles. The van der Waals surface area contributed by atoms with Gasteiger partial charge in [-0.3, -0.25) is 14.6 Å². The van der Waals surface area contributed by atoms with Crippen LogP contribution in [0.15, 0.2) is 24.5 Å². The largest absolute Gasteiger partial charge is 0.482 e. The maximum Gasteiger partial charge on any atom is 0.422 e. The lowest BCUT2D eigenvalue weighted by atomic mass is 10.1. The van der Waals surface area contributed by atoms with E-state index in [1.165, 1.54) is 17.3 Å². The number of pyridine rings is 2. The second kappa shape index (κ2) is 8.06. The number of hydrogen-bond acceptors (Lipinski definition) is 5. The zero-order valence-electron chi connectivity index (χ0n) is 15.8. The van der Waals surface area contributed by atoms with E-state index in [1.54, 1.807) is 26.0 Å². The number of anilines is 1. The number of aromatic nitrogens is 2. The topological polar surface area (TPSA) is 84.4 Å². The first-order chi connectivity index (χ1) is 13.7. The molecule has 0 aromatic carbocycles. The summed E-state index contributed by atoms with van der Waals surface area (Å²) in [6.07, 6.45) is -1.47. The molecule has 10 heteroatoms. The molecule has 1 N–H and O–H groups in total. The summed E-state index contributed by atoms with van der Waals surface area (Å²) < 4.78 is 41.7. The number of aryl methyl sites for hydroxylation is 1. The number of hydrogen-bond donors (Lipinski definition) is 1. The molecule has 0 saturated heterocycles. The second-order valence-corrected chi connectivity index (χ2v) is 6.59. The number of fused-ring (bicyclic) bond motifs is 1. The van der Waals surface area contributed by atoms with E-state index in [-0.39, 0.29) is 37.1 Å². The highest BCUT2D eigenvalue weighted by atomic mass is 19.4. The molecule has 1 aliphatic rings. The number of carbonyl (C=O) groups excluding carboxylic acids is 2. The Balaban J connectivity index is 1.73. The zero-order chi connectivity index (χ0) is 21.2. The third kappa shape index (κ3) is 4.82. The Morgan fingerprint density at radius 1 is 1.34 bits per heavy atom. The average Bonchev–Trinajstić information content (AvgIpc) is 2.97. The maximum absolute atomic E-state index is 12.7. The quantitative estimate of drug-likeness (QED) is 0.793. The summed E-state index contributed by atoms with van der Waals surface area (Å²) in [5.41, 5.74) is 2.07. The second-order valence-electron chi connectivity index (χ2n) is 6.59. The van der Waals surface area contributed by atoms with E-state index < -0.39 is 12.8 Å². The standard InChI is InChI=1S/C19H19F3N4O3/c1-3-16(27)25-17-14-9-26(18(28)13(14)4-5-23-17)8-12-6-11(2)15(7-24-12)29-10-19(20,21)22/h4-7H,3,8-10H2,1-2H3,(H,23,25,27). The molecule has 0 spiro atoms. The van der Waals surface area contributed by atoms with Crippen LogP contribution in [0.2, 0.25) is 0 Å². The van der Waals surface area contributed by atoms with E-state index in [9.17, 15) is 22.8 Å². The predicted molar refractivity (Wildman–Crippen MR) is 97.3 cm³/mol. The van der Waals surface area contributed by atoms with Gasteiger partial charge >= 0.3 is 6.18 Å². The lowest BCUT2D eigenvalue weighted by molar-refractivity contribution is -0.153. The summed E-state index contributed by atoms with van der Waals surface area (Å²) in [5, 5.41) is 2.69. The van der Waals surface area contributed by atoms with Crippen LogP contribution in [0.4, 0.5) is 19.0 Å². The Morgan fingerprint density at radius 3 is 2.76 bits per heavy atom. The SMILES string of the molecule is CCC(=O)Nc1nccc2c1CN(Cc1cc(C)c(OCC(F)(F)F)cn1)C2=O. The van der Waals surface area contributed by atoms with Crippen molar-refractivity contribution >= 4 is 17.6 Å². The minimum absolute atomic E-state index is 0.0378. The van der Waals surface area contributed by atoms with Crippen LogP contribution in [0, 0.1) is 6.92 Å². The fourth-order valence-corrected chi connectivity index (χ4v) is 2.94. The minimum Gasteiger partial charge on any atom is -0.482 e. The molecule has 7 nitrogen and oxygen atoms in total. The van der Waals surface area contributed by atoms with Gasteiger partial charge in [-0.2, -0.15) is 13.2 Å². The van der Waals surface area contributed by atoms with Crippen molar-refractivity contribution < 1.29 is 27.5 Å². The number of carbonyl (C=O) groups is 2. The Morgan fingerprint density at radius 2 is 2.10 bits per heavy atom. The molecule has 2 aromatic heterocycles. The number of nitrogens with zero attached hydrogens (tertiary/aromatic N) is 3. The highest BCUT2D eigenvalue weighted by molar-refractivity contribution is 6.01. The summed E-state index contributed by atoms with van der Waals surface area (Å²) in [6.45, 7) is 2.34. The predicted octanol–water partition coefficient (Wildman–Crippen LogP) is 3.23. The molecule has 3 heterocycles. The molecule has 0 radical (unpaired) electrons. The van der Waals surface area contributed by atoms with Crippen molar-refractivity contribution in [2.75, 3.05) is 11.9 Å². The number of amides is 2. The van der Waals surface area contributed by atoms with Crippen molar-refractivity contribution in [3.05, 3.63) is 46.9 Å². The van der Waals surface area contributed by atoms with E-state index in [0.29, 0.717) is 28.2 Å². The van der Waals surface area contributed by atoms with Crippen molar-refractivity contribution in [3.63, 3.8) is 0 Å². The Hall–Kier alpha value is -3.17. The Bertz CT molecular complexity index is 947. The summed E-state index contributed by atoms with van der Waals surface area (Å²) in [7, 11) is 0. The van der Waals surface area contributed by atoms with Crippen LogP contribution in [-0.4, -0.2) is 39.5 Å². The molecule has 0 aliphatic carbocycles. The lowest BCUT2D eigenvalue weighted by Gasteiger charge is -2.17. The minimum atomic E-state index is -4.43. The van der Waals surface area contributed by atoms with Gasteiger partial charge in [-0.1, -0.05) is 6.92 Å². The third-order valence-corrected chi connectivity index (χ3v) is 4.36. The number of rotatable bonds is 6. The molecule has 29 heavy (non-hydrogen) atoms. The number of halogens is 3. The first-order valence-corrected chi connectivity index (χ1v) is 8.90. The number of ether oxygens (including phenoxy) is 1. The van der Waals surface area contributed by atoms with Crippen LogP contribution < -0.4 is 10.1 Å². The molecule has 3 rings (SSSR count). The molecular formula is C19H19F3N4O3. The first-order valence-electron chi connectivity index (χ1n) is 8.90. The molecule has 0 unspecified atom stereocenters. The molecule has 0 bridgehead atoms. The zero-order valence-corrected chi connectivity index (χ0v) is 15.8. The van der Waals surface area contributed by atoms with Crippen molar-refractivity contribution in [1.82, 2.24) is 14.9 Å². The van der Waals surface area contributed by atoms with Crippen molar-refractivity contribution in [2.45, 2.75) is 39.5 Å². The summed E-state index contributed by atoms with van der Waals surface area (Å²) in [4.78, 5) is 34.2. The van der Waals surface area contributed by atoms with Crippen molar-refractivity contribution in [2.24, 2.45) is 0 Å². The summed E-state index contributed by atoms with van der Waals surface area (Å²) in [6, 6.07) is 3.17. The summed E-state index contributed by atoms with van der Waals surface area (Å²) in [5.74, 6) is -0.0455. The van der Waals surface area contributed by atoms with Gasteiger partial charge in [-0.15, -0.1) is 0 Å². The smallest absolute Gasteiger partial charge is 0.422 e. The molecule has 0 fully saturated rings. The van der Waals surface area contributed by atoms with E-state index >= 15 is 0 Å². The van der Waals surface area contributed by atoms with Crippen LogP contribution in [0.1, 0.15) is 40.5 Å². The molecule has 154 valence electrons. The Labute approximate surface area is 164 Å². The molecule has 0 atom stereocenters. The van der Waals surface area contributed by atoms with Crippen LogP contribution in [-0.2, 0) is 17.9 Å². The van der Waals surface area contributed by atoms with E-state index in [1.807, 2.05) is 0 Å². The van der Waals surface area contributed by atoms with Crippen molar-refractivity contribution in [1.29, 1.82) is 0 Å². The van der Waals surface area contributed by atoms with Gasteiger partial charge in [0.05, 0.1) is 25.0 Å². The van der Waals surface area contributed by atoms with Crippen LogP contribution in [0.25, 0.3) is 0 Å². The number of alkyl halides is 3. The van der Waals surface area contributed by atoms with Gasteiger partial charge in [0, 0.05) is 23.7 Å². The molecular weight excluding hydrogens is 389 g/mol. The number of nitrogens with one attached hydrogen (secondary N) is 1. The molecule has 2 amide bonds. The van der Waals surface area contributed by atoms with Gasteiger partial charge in [0.2, 0.25) is 5.91 Å². The van der Waals surface area contributed by atoms with Crippen LogP contribution in [0.3, 0.4) is 0 Å². The highest BCUT2D eigenvalue weighted by Gasteiger charge is 2.31. The Kier molecular flexibility index (Phi) is 5.71. The maximum atomic E-state index is 12.7. The van der Waals surface area contributed by atoms with E-state index in [0.717, 1.165) is 0 Å². The van der Waals surface area contributed by atoms with Gasteiger partial charge in [-0.05, 0) is 24.6 Å². The van der Waals surface area contributed by atoms with Gasteiger partial charge in [0.15, 0.2) is 6.61 Å². The average molecular weight is 408 g/mol. The van der Waals surface area contributed by atoms with Gasteiger partial charge in [0.1, 0.15) is 11.6 Å². The summed E-state index contributed by atoms with van der Waals surface area (Å²) >= 11 is 0. The van der Waals surface area contributed by atoms with Gasteiger partial charge < -0.3 is 15.0 Å². The van der Waals surface area contributed by atoms with Gasteiger partial charge in [-0.25, -0.2) is 4.98 Å². The molecule has 2 aromatic rings. The van der Waals surface area contributed by atoms with E-state index in [4.69, 9.17) is 4.74 Å². The highest BCUT2D eigenvalue weighted by Crippen LogP contribution is 2.29. The fraction of sp³-hybridized carbons (Fsp3) is 0.368.